The predicted octanol–water partition coefficient (Wildman–Crippen LogP) is 3.24. The summed E-state index contributed by atoms with van der Waals surface area (Å²) >= 11 is 0. The Labute approximate surface area is 96.6 Å². The first-order valence-electron chi connectivity index (χ1n) is 6.06. The molecular formula is C14H18O2. The second-order valence-electron chi connectivity index (χ2n) is 4.25. The van der Waals surface area contributed by atoms with Crippen LogP contribution >= 0.6 is 0 Å². The van der Waals surface area contributed by atoms with Crippen LogP contribution in [0.3, 0.4) is 0 Å². The molecule has 1 saturated carbocycles. The van der Waals surface area contributed by atoms with Crippen molar-refractivity contribution in [1.29, 1.82) is 0 Å². The summed E-state index contributed by atoms with van der Waals surface area (Å²) in [6, 6.07) is 5.81. The predicted molar refractivity (Wildman–Crippen MR) is 64.0 cm³/mol. The number of rotatable bonds is 5. The zero-order valence-electron chi connectivity index (χ0n) is 9.95. The van der Waals surface area contributed by atoms with Gasteiger partial charge in [-0.25, -0.2) is 0 Å². The molecule has 0 spiro atoms. The maximum absolute atomic E-state index is 11.9. The fraction of sp³-hybridized carbons (Fsp3) is 0.500. The number of hydrogen-bond acceptors (Lipinski definition) is 2. The first-order chi connectivity index (χ1) is 7.76. The molecule has 1 aromatic rings. The van der Waals surface area contributed by atoms with Gasteiger partial charge in [0.2, 0.25) is 0 Å². The van der Waals surface area contributed by atoms with Crippen LogP contribution in [0.15, 0.2) is 18.2 Å². The van der Waals surface area contributed by atoms with E-state index in [-0.39, 0.29) is 0 Å². The van der Waals surface area contributed by atoms with Gasteiger partial charge in [-0.05, 0) is 49.9 Å². The van der Waals surface area contributed by atoms with Crippen LogP contribution in [0.4, 0.5) is 0 Å². The minimum Gasteiger partial charge on any atom is -0.494 e. The van der Waals surface area contributed by atoms with Crippen molar-refractivity contribution >= 4 is 5.78 Å². The van der Waals surface area contributed by atoms with Crippen LogP contribution in [0.5, 0.6) is 5.75 Å². The average Bonchev–Trinajstić information content (AvgIpc) is 3.13. The van der Waals surface area contributed by atoms with Gasteiger partial charge in [-0.3, -0.25) is 4.79 Å². The molecule has 0 amide bonds. The lowest BCUT2D eigenvalue weighted by Crippen LogP contribution is -2.03. The molecule has 0 aromatic heterocycles. The molecule has 0 bridgehead atoms. The Balaban J connectivity index is 2.24. The van der Waals surface area contributed by atoms with Crippen molar-refractivity contribution in [2.75, 3.05) is 6.61 Å². The van der Waals surface area contributed by atoms with E-state index in [1.807, 2.05) is 25.1 Å². The van der Waals surface area contributed by atoms with Crippen LogP contribution in [0.25, 0.3) is 0 Å². The van der Waals surface area contributed by atoms with Crippen molar-refractivity contribution in [1.82, 2.24) is 0 Å². The van der Waals surface area contributed by atoms with Gasteiger partial charge >= 0.3 is 0 Å². The monoisotopic (exact) mass is 218 g/mol. The summed E-state index contributed by atoms with van der Waals surface area (Å²) in [4.78, 5) is 11.9. The van der Waals surface area contributed by atoms with Gasteiger partial charge in [-0.15, -0.1) is 0 Å². The summed E-state index contributed by atoms with van der Waals surface area (Å²) < 4.78 is 5.53. The summed E-state index contributed by atoms with van der Waals surface area (Å²) in [5.41, 5.74) is 1.98. The topological polar surface area (TPSA) is 26.3 Å². The lowest BCUT2D eigenvalue weighted by atomic mass is 10.0. The molecule has 16 heavy (non-hydrogen) atoms. The Kier molecular flexibility index (Phi) is 3.28. The fourth-order valence-electron chi connectivity index (χ4n) is 1.89. The van der Waals surface area contributed by atoms with E-state index in [2.05, 4.69) is 6.92 Å². The van der Waals surface area contributed by atoms with Crippen LogP contribution in [0, 0.1) is 5.92 Å². The van der Waals surface area contributed by atoms with Crippen LogP contribution < -0.4 is 4.74 Å². The highest BCUT2D eigenvalue weighted by Crippen LogP contribution is 2.33. The molecule has 0 heterocycles. The zero-order valence-corrected chi connectivity index (χ0v) is 9.95. The smallest absolute Gasteiger partial charge is 0.165 e. The largest absolute Gasteiger partial charge is 0.494 e. The molecule has 0 unspecified atom stereocenters. The van der Waals surface area contributed by atoms with Crippen molar-refractivity contribution in [2.45, 2.75) is 33.1 Å². The number of ether oxygens (including phenoxy) is 1. The minimum atomic E-state index is 0.294. The Morgan fingerprint density at radius 1 is 1.38 bits per heavy atom. The van der Waals surface area contributed by atoms with Crippen molar-refractivity contribution < 1.29 is 9.53 Å². The van der Waals surface area contributed by atoms with Gasteiger partial charge in [-0.2, -0.15) is 0 Å². The molecule has 2 nitrogen and oxygen atoms in total. The summed E-state index contributed by atoms with van der Waals surface area (Å²) in [7, 11) is 0. The number of Topliss-reactive ketones (excluding diaryl/α,β-unsaturated/α-hetero) is 1. The fourth-order valence-corrected chi connectivity index (χ4v) is 1.89. The highest BCUT2D eigenvalue weighted by Gasteiger charge is 2.30. The summed E-state index contributed by atoms with van der Waals surface area (Å²) in [6.07, 6.45) is 3.03. The Hall–Kier alpha value is -1.31. The highest BCUT2D eigenvalue weighted by atomic mass is 16.5. The van der Waals surface area contributed by atoms with Crippen LogP contribution in [0.1, 0.15) is 42.6 Å². The standard InChI is InChI=1S/C14H18O2/c1-3-10-9-12(14(15)11-5-6-11)7-8-13(10)16-4-2/h7-9,11H,3-6H2,1-2H3. The van der Waals surface area contributed by atoms with E-state index in [1.54, 1.807) is 0 Å². The number of ketones is 1. The minimum absolute atomic E-state index is 0.294. The van der Waals surface area contributed by atoms with Crippen LogP contribution in [0.2, 0.25) is 0 Å². The zero-order chi connectivity index (χ0) is 11.5. The molecule has 1 aliphatic rings. The SMILES string of the molecule is CCOc1ccc(C(=O)C2CC2)cc1CC. The van der Waals surface area contributed by atoms with Crippen LogP contribution in [-0.4, -0.2) is 12.4 Å². The normalized spacial score (nSPS) is 14.9. The average molecular weight is 218 g/mol. The van der Waals surface area contributed by atoms with Crippen LogP contribution in [-0.2, 0) is 6.42 Å². The van der Waals surface area contributed by atoms with E-state index in [1.165, 1.54) is 0 Å². The molecule has 86 valence electrons. The molecule has 1 aromatic carbocycles. The number of carbonyl (C=O) groups excluding carboxylic acids is 1. The third-order valence-electron chi connectivity index (χ3n) is 2.97. The van der Waals surface area contributed by atoms with Gasteiger partial charge in [0, 0.05) is 11.5 Å². The lowest BCUT2D eigenvalue weighted by Gasteiger charge is -2.10. The van der Waals surface area contributed by atoms with Gasteiger partial charge in [0.25, 0.3) is 0 Å². The molecule has 0 atom stereocenters. The Bertz CT molecular complexity index is 392. The summed E-state index contributed by atoms with van der Waals surface area (Å²) in [5, 5.41) is 0. The van der Waals surface area contributed by atoms with Crippen molar-refractivity contribution in [3.63, 3.8) is 0 Å². The van der Waals surface area contributed by atoms with Crippen molar-refractivity contribution in [3.8, 4) is 5.75 Å². The molecular weight excluding hydrogens is 200 g/mol. The van der Waals surface area contributed by atoms with E-state index in [4.69, 9.17) is 4.74 Å². The van der Waals surface area contributed by atoms with Gasteiger partial charge in [-0.1, -0.05) is 6.92 Å². The highest BCUT2D eigenvalue weighted by molar-refractivity contribution is 5.99. The summed E-state index contributed by atoms with van der Waals surface area (Å²) in [6.45, 7) is 4.73. The molecule has 1 aliphatic carbocycles. The molecule has 0 radical (unpaired) electrons. The number of hydrogen-bond donors (Lipinski definition) is 0. The maximum Gasteiger partial charge on any atom is 0.165 e. The molecule has 2 heteroatoms. The molecule has 0 N–H and O–H groups in total. The van der Waals surface area contributed by atoms with Gasteiger partial charge in [0.05, 0.1) is 6.61 Å². The van der Waals surface area contributed by atoms with E-state index >= 15 is 0 Å². The first kappa shape index (κ1) is 11.2. The number of aryl methyl sites for hydroxylation is 1. The van der Waals surface area contributed by atoms with E-state index in [0.717, 1.165) is 36.1 Å². The second kappa shape index (κ2) is 4.69. The third-order valence-corrected chi connectivity index (χ3v) is 2.97. The van der Waals surface area contributed by atoms with Gasteiger partial charge in [0.15, 0.2) is 5.78 Å². The third kappa shape index (κ3) is 2.26. The first-order valence-corrected chi connectivity index (χ1v) is 6.06. The van der Waals surface area contributed by atoms with E-state index in [0.29, 0.717) is 18.3 Å². The second-order valence-corrected chi connectivity index (χ2v) is 4.25. The number of carbonyl (C=O) groups is 1. The molecule has 0 aliphatic heterocycles. The number of benzene rings is 1. The van der Waals surface area contributed by atoms with Gasteiger partial charge in [0.1, 0.15) is 5.75 Å². The molecule has 1 fully saturated rings. The van der Waals surface area contributed by atoms with E-state index < -0.39 is 0 Å². The lowest BCUT2D eigenvalue weighted by molar-refractivity contribution is 0.0967. The molecule has 0 saturated heterocycles. The Morgan fingerprint density at radius 2 is 2.12 bits per heavy atom. The van der Waals surface area contributed by atoms with Crippen molar-refractivity contribution in [3.05, 3.63) is 29.3 Å². The van der Waals surface area contributed by atoms with Gasteiger partial charge < -0.3 is 4.74 Å². The summed E-state index contributed by atoms with van der Waals surface area (Å²) in [5.74, 6) is 1.51. The van der Waals surface area contributed by atoms with E-state index in [9.17, 15) is 4.79 Å². The maximum atomic E-state index is 11.9. The quantitative estimate of drug-likeness (QED) is 0.709. The molecule has 2 rings (SSSR count). The Morgan fingerprint density at radius 3 is 2.69 bits per heavy atom. The van der Waals surface area contributed by atoms with Crippen molar-refractivity contribution in [2.24, 2.45) is 5.92 Å².